The van der Waals surface area contributed by atoms with Crippen molar-refractivity contribution in [2.45, 2.75) is 13.8 Å². The van der Waals surface area contributed by atoms with Gasteiger partial charge in [-0.25, -0.2) is 0 Å². The van der Waals surface area contributed by atoms with Crippen LogP contribution in [0.5, 0.6) is 0 Å². The number of hydrogen-bond donors (Lipinski definition) is 2. The molecule has 19 heavy (non-hydrogen) atoms. The molecule has 0 aliphatic rings. The van der Waals surface area contributed by atoms with Crippen molar-refractivity contribution in [3.8, 4) is 0 Å². The number of rotatable bonds is 2. The summed E-state index contributed by atoms with van der Waals surface area (Å²) in [5.41, 5.74) is 9.78. The Morgan fingerprint density at radius 1 is 1.16 bits per heavy atom. The molecular weight excluding hydrogens is 304 g/mol. The van der Waals surface area contributed by atoms with Crippen molar-refractivity contribution in [1.29, 1.82) is 0 Å². The summed E-state index contributed by atoms with van der Waals surface area (Å²) in [7, 11) is 0. The molecule has 3 N–H and O–H groups in total. The lowest BCUT2D eigenvalue weighted by molar-refractivity contribution is 0.102. The molecule has 0 bridgehead atoms. The number of carbonyl (C=O) groups is 1. The predicted octanol–water partition coefficient (Wildman–Crippen LogP) is 3.90. The lowest BCUT2D eigenvalue weighted by Gasteiger charge is -2.10. The number of aryl methyl sites for hydroxylation is 2. The summed E-state index contributed by atoms with van der Waals surface area (Å²) < 4.78 is 0.855. The maximum Gasteiger partial charge on any atom is 0.257 e. The number of hydrogen-bond acceptors (Lipinski definition) is 2. The van der Waals surface area contributed by atoms with Gasteiger partial charge in [0, 0.05) is 15.8 Å². The number of halogens is 1. The van der Waals surface area contributed by atoms with Crippen molar-refractivity contribution in [1.82, 2.24) is 0 Å². The van der Waals surface area contributed by atoms with Crippen LogP contribution in [-0.2, 0) is 0 Å². The van der Waals surface area contributed by atoms with E-state index >= 15 is 0 Å². The van der Waals surface area contributed by atoms with E-state index in [-0.39, 0.29) is 5.91 Å². The van der Waals surface area contributed by atoms with Crippen LogP contribution in [0.15, 0.2) is 40.9 Å². The SMILES string of the molecule is Cc1ccc(NC(=O)c2ccc(Br)cc2N)c(C)c1. The quantitative estimate of drug-likeness (QED) is 0.825. The zero-order chi connectivity index (χ0) is 14.0. The van der Waals surface area contributed by atoms with Gasteiger partial charge in [-0.1, -0.05) is 33.6 Å². The van der Waals surface area contributed by atoms with Crippen molar-refractivity contribution in [3.05, 3.63) is 57.6 Å². The van der Waals surface area contributed by atoms with E-state index in [0.717, 1.165) is 15.7 Å². The minimum absolute atomic E-state index is 0.197. The standard InChI is InChI=1S/C15H15BrN2O/c1-9-3-6-14(10(2)7-9)18-15(19)12-5-4-11(16)8-13(12)17/h3-8H,17H2,1-2H3,(H,18,19). The molecule has 2 rings (SSSR count). The van der Waals surface area contributed by atoms with E-state index in [1.807, 2.05) is 32.0 Å². The normalized spacial score (nSPS) is 10.3. The topological polar surface area (TPSA) is 55.1 Å². The van der Waals surface area contributed by atoms with Crippen LogP contribution in [-0.4, -0.2) is 5.91 Å². The molecule has 3 nitrogen and oxygen atoms in total. The molecule has 2 aromatic rings. The Morgan fingerprint density at radius 3 is 2.53 bits per heavy atom. The highest BCUT2D eigenvalue weighted by atomic mass is 79.9. The lowest BCUT2D eigenvalue weighted by atomic mass is 10.1. The zero-order valence-corrected chi connectivity index (χ0v) is 12.4. The summed E-state index contributed by atoms with van der Waals surface area (Å²) >= 11 is 3.32. The zero-order valence-electron chi connectivity index (χ0n) is 10.8. The second kappa shape index (κ2) is 5.45. The van der Waals surface area contributed by atoms with Crippen LogP contribution in [0.4, 0.5) is 11.4 Å². The first-order valence-electron chi connectivity index (χ1n) is 5.91. The van der Waals surface area contributed by atoms with Crippen LogP contribution in [0.3, 0.4) is 0 Å². The van der Waals surface area contributed by atoms with Gasteiger partial charge in [0.05, 0.1) is 5.56 Å². The van der Waals surface area contributed by atoms with Gasteiger partial charge >= 0.3 is 0 Å². The van der Waals surface area contributed by atoms with Crippen molar-refractivity contribution >= 4 is 33.2 Å². The van der Waals surface area contributed by atoms with Gasteiger partial charge in [0.2, 0.25) is 0 Å². The first-order chi connectivity index (χ1) is 8.97. The van der Waals surface area contributed by atoms with E-state index in [0.29, 0.717) is 11.3 Å². The summed E-state index contributed by atoms with van der Waals surface area (Å²) in [5, 5.41) is 2.88. The van der Waals surface area contributed by atoms with Gasteiger partial charge in [-0.2, -0.15) is 0 Å². The minimum Gasteiger partial charge on any atom is -0.398 e. The fraction of sp³-hybridized carbons (Fsp3) is 0.133. The molecule has 0 spiro atoms. The molecule has 0 heterocycles. The second-order valence-corrected chi connectivity index (χ2v) is 5.42. The molecule has 0 unspecified atom stereocenters. The van der Waals surface area contributed by atoms with Crippen LogP contribution in [0.2, 0.25) is 0 Å². The predicted molar refractivity (Wildman–Crippen MR) is 82.4 cm³/mol. The molecular formula is C15H15BrN2O. The summed E-state index contributed by atoms with van der Waals surface area (Å²) in [6, 6.07) is 11.1. The third kappa shape index (κ3) is 3.15. The number of anilines is 2. The Kier molecular flexibility index (Phi) is 3.90. The fourth-order valence-electron chi connectivity index (χ4n) is 1.88. The van der Waals surface area contributed by atoms with Crippen LogP contribution < -0.4 is 11.1 Å². The average molecular weight is 319 g/mol. The lowest BCUT2D eigenvalue weighted by Crippen LogP contribution is -2.14. The summed E-state index contributed by atoms with van der Waals surface area (Å²) in [6.07, 6.45) is 0. The Bertz CT molecular complexity index is 638. The third-order valence-corrected chi connectivity index (χ3v) is 3.38. The molecule has 1 amide bonds. The smallest absolute Gasteiger partial charge is 0.257 e. The first kappa shape index (κ1) is 13.6. The van der Waals surface area contributed by atoms with Gasteiger partial charge in [-0.15, -0.1) is 0 Å². The summed E-state index contributed by atoms with van der Waals surface area (Å²) in [6.45, 7) is 3.98. The maximum absolute atomic E-state index is 12.2. The van der Waals surface area contributed by atoms with E-state index in [2.05, 4.69) is 21.2 Å². The van der Waals surface area contributed by atoms with Crippen LogP contribution in [0.25, 0.3) is 0 Å². The number of benzene rings is 2. The van der Waals surface area contributed by atoms with Crippen molar-refractivity contribution in [2.75, 3.05) is 11.1 Å². The molecule has 0 atom stereocenters. The average Bonchev–Trinajstić information content (AvgIpc) is 2.32. The van der Waals surface area contributed by atoms with E-state index < -0.39 is 0 Å². The highest BCUT2D eigenvalue weighted by Gasteiger charge is 2.11. The highest BCUT2D eigenvalue weighted by molar-refractivity contribution is 9.10. The number of nitrogen functional groups attached to an aromatic ring is 1. The van der Waals surface area contributed by atoms with Crippen molar-refractivity contribution in [2.24, 2.45) is 0 Å². The molecule has 4 heteroatoms. The summed E-state index contributed by atoms with van der Waals surface area (Å²) in [5.74, 6) is -0.197. The first-order valence-corrected chi connectivity index (χ1v) is 6.70. The molecule has 0 saturated carbocycles. The van der Waals surface area contributed by atoms with Gasteiger partial charge < -0.3 is 11.1 Å². The maximum atomic E-state index is 12.2. The largest absolute Gasteiger partial charge is 0.398 e. The molecule has 98 valence electrons. The van der Waals surface area contributed by atoms with Gasteiger partial charge in [0.1, 0.15) is 0 Å². The number of carbonyl (C=O) groups excluding carboxylic acids is 1. The minimum atomic E-state index is -0.197. The Labute approximate surface area is 121 Å². The van der Waals surface area contributed by atoms with E-state index in [4.69, 9.17) is 5.73 Å². The molecule has 0 fully saturated rings. The molecule has 0 aliphatic carbocycles. The summed E-state index contributed by atoms with van der Waals surface area (Å²) in [4.78, 5) is 12.2. The number of nitrogens with one attached hydrogen (secondary N) is 1. The van der Waals surface area contributed by atoms with E-state index in [1.54, 1.807) is 18.2 Å². The van der Waals surface area contributed by atoms with Crippen LogP contribution in [0, 0.1) is 13.8 Å². The second-order valence-electron chi connectivity index (χ2n) is 4.50. The van der Waals surface area contributed by atoms with Crippen molar-refractivity contribution in [3.63, 3.8) is 0 Å². The monoisotopic (exact) mass is 318 g/mol. The number of nitrogens with two attached hydrogens (primary N) is 1. The number of amides is 1. The Balaban J connectivity index is 2.25. The molecule has 0 aromatic heterocycles. The molecule has 0 saturated heterocycles. The molecule has 0 aliphatic heterocycles. The van der Waals surface area contributed by atoms with Gasteiger partial charge in [0.25, 0.3) is 5.91 Å². The van der Waals surface area contributed by atoms with Gasteiger partial charge in [-0.05, 0) is 43.7 Å². The van der Waals surface area contributed by atoms with Gasteiger partial charge in [0.15, 0.2) is 0 Å². The fourth-order valence-corrected chi connectivity index (χ4v) is 2.26. The Hall–Kier alpha value is -1.81. The van der Waals surface area contributed by atoms with E-state index in [1.165, 1.54) is 5.56 Å². The van der Waals surface area contributed by atoms with Crippen LogP contribution in [0.1, 0.15) is 21.5 Å². The van der Waals surface area contributed by atoms with Crippen molar-refractivity contribution < 1.29 is 4.79 Å². The van der Waals surface area contributed by atoms with Crippen LogP contribution >= 0.6 is 15.9 Å². The van der Waals surface area contributed by atoms with Gasteiger partial charge in [-0.3, -0.25) is 4.79 Å². The van der Waals surface area contributed by atoms with E-state index in [9.17, 15) is 4.79 Å². The molecule has 0 radical (unpaired) electrons. The third-order valence-electron chi connectivity index (χ3n) is 2.89. The Morgan fingerprint density at radius 2 is 1.89 bits per heavy atom. The highest BCUT2D eigenvalue weighted by Crippen LogP contribution is 2.21. The molecule has 2 aromatic carbocycles.